The van der Waals surface area contributed by atoms with Gasteiger partial charge < -0.3 is 9.47 Å². The van der Waals surface area contributed by atoms with Crippen LogP contribution in [0, 0.1) is 11.3 Å². The molecule has 7 nitrogen and oxygen atoms in total. The highest BCUT2D eigenvalue weighted by molar-refractivity contribution is 7.89. The monoisotopic (exact) mass is 343 g/mol. The molecule has 0 aromatic carbocycles. The van der Waals surface area contributed by atoms with Crippen molar-refractivity contribution in [2.24, 2.45) is 18.4 Å². The third-order valence-electron chi connectivity index (χ3n) is 4.65. The van der Waals surface area contributed by atoms with Crippen LogP contribution >= 0.6 is 0 Å². The zero-order chi connectivity index (χ0) is 17.0. The van der Waals surface area contributed by atoms with E-state index in [4.69, 9.17) is 9.47 Å². The first-order valence-corrected chi connectivity index (χ1v) is 9.37. The summed E-state index contributed by atoms with van der Waals surface area (Å²) in [4.78, 5) is 0. The molecule has 0 N–H and O–H groups in total. The smallest absolute Gasteiger partial charge is 0.260 e. The summed E-state index contributed by atoms with van der Waals surface area (Å²) in [6, 6.07) is -0.0272. The topological polar surface area (TPSA) is 73.7 Å². The Hall–Kier alpha value is -0.960. The number of aryl methyl sites for hydroxylation is 1. The number of hydrogen-bond acceptors (Lipinski definition) is 5. The molecular formula is C15H25N3O4S. The molecule has 2 fully saturated rings. The zero-order valence-electron chi connectivity index (χ0n) is 14.3. The Kier molecular flexibility index (Phi) is 4.07. The first kappa shape index (κ1) is 16.9. The summed E-state index contributed by atoms with van der Waals surface area (Å²) >= 11 is 0. The summed E-state index contributed by atoms with van der Waals surface area (Å²) < 4.78 is 40.4. The van der Waals surface area contributed by atoms with Crippen molar-refractivity contribution in [3.05, 3.63) is 11.8 Å². The lowest BCUT2D eigenvalue weighted by Gasteiger charge is -2.55. The summed E-state index contributed by atoms with van der Waals surface area (Å²) in [6.45, 7) is 9.76. The molecule has 1 aromatic heterocycles. The Morgan fingerprint density at radius 1 is 1.30 bits per heavy atom. The molecule has 0 saturated carbocycles. The number of rotatable bonds is 4. The molecule has 3 heterocycles. The molecule has 2 aliphatic heterocycles. The molecule has 0 spiro atoms. The van der Waals surface area contributed by atoms with Crippen LogP contribution in [0.1, 0.15) is 39.5 Å². The highest BCUT2D eigenvalue weighted by Crippen LogP contribution is 2.45. The van der Waals surface area contributed by atoms with Crippen molar-refractivity contribution in [2.45, 2.75) is 45.1 Å². The molecule has 1 unspecified atom stereocenters. The fraction of sp³-hybridized carbons (Fsp3) is 0.800. The summed E-state index contributed by atoms with van der Waals surface area (Å²) in [7, 11) is -2.01. The molecule has 2 aliphatic rings. The van der Waals surface area contributed by atoms with Crippen LogP contribution in [0.15, 0.2) is 11.2 Å². The molecule has 0 amide bonds. The van der Waals surface area contributed by atoms with E-state index < -0.39 is 16.3 Å². The quantitative estimate of drug-likeness (QED) is 0.829. The highest BCUT2D eigenvalue weighted by Gasteiger charge is 2.54. The minimum atomic E-state index is -3.65. The van der Waals surface area contributed by atoms with Crippen LogP contribution in [-0.4, -0.2) is 48.3 Å². The molecule has 8 heteroatoms. The van der Waals surface area contributed by atoms with Crippen molar-refractivity contribution in [3.63, 3.8) is 0 Å². The Morgan fingerprint density at radius 3 is 2.43 bits per heavy atom. The second-order valence-electron chi connectivity index (χ2n) is 7.33. The summed E-state index contributed by atoms with van der Waals surface area (Å²) in [5.41, 5.74) is 0.456. The number of ether oxygens (including phenoxy) is 2. The largest absolute Gasteiger partial charge is 0.346 e. The summed E-state index contributed by atoms with van der Waals surface area (Å²) in [6.07, 6.45) is 0.873. The van der Waals surface area contributed by atoms with Gasteiger partial charge in [0, 0.05) is 19.6 Å². The van der Waals surface area contributed by atoms with E-state index in [1.807, 2.05) is 0 Å². The van der Waals surface area contributed by atoms with Crippen molar-refractivity contribution in [3.8, 4) is 0 Å². The maximum atomic E-state index is 13.2. The SMILES string of the molecule is CC(C)C1N(S(=O)(=O)c2c(C3OCCO3)cnn2C)CC1(C)C. The van der Waals surface area contributed by atoms with Crippen LogP contribution in [0.5, 0.6) is 0 Å². The lowest BCUT2D eigenvalue weighted by molar-refractivity contribution is -0.0469. The predicted molar refractivity (Wildman–Crippen MR) is 84.2 cm³/mol. The standard InChI is InChI=1S/C15H25N3O4S/c1-10(2)12-15(3,4)9-18(12)23(19,20)13-11(8-16-17(13)5)14-21-6-7-22-14/h8,10,12,14H,6-7,9H2,1-5H3. The molecule has 0 aliphatic carbocycles. The van der Waals surface area contributed by atoms with Gasteiger partial charge in [0.2, 0.25) is 0 Å². The van der Waals surface area contributed by atoms with Crippen LogP contribution in [-0.2, 0) is 26.5 Å². The second kappa shape index (κ2) is 5.54. The minimum Gasteiger partial charge on any atom is -0.346 e. The van der Waals surface area contributed by atoms with Gasteiger partial charge in [-0.15, -0.1) is 0 Å². The van der Waals surface area contributed by atoms with Crippen LogP contribution < -0.4 is 0 Å². The second-order valence-corrected chi connectivity index (χ2v) is 9.14. The van der Waals surface area contributed by atoms with Crippen LogP contribution in [0.3, 0.4) is 0 Å². The van der Waals surface area contributed by atoms with E-state index in [0.29, 0.717) is 25.3 Å². The average molecular weight is 343 g/mol. The summed E-state index contributed by atoms with van der Waals surface area (Å²) in [5, 5.41) is 4.30. The van der Waals surface area contributed by atoms with Gasteiger partial charge in [0.1, 0.15) is 0 Å². The van der Waals surface area contributed by atoms with Gasteiger partial charge in [-0.3, -0.25) is 4.68 Å². The molecule has 0 radical (unpaired) electrons. The van der Waals surface area contributed by atoms with Crippen LogP contribution in [0.25, 0.3) is 0 Å². The van der Waals surface area contributed by atoms with Gasteiger partial charge in [-0.05, 0) is 11.3 Å². The van der Waals surface area contributed by atoms with Crippen molar-refractivity contribution >= 4 is 10.0 Å². The van der Waals surface area contributed by atoms with Gasteiger partial charge in [0.05, 0.1) is 25.0 Å². The number of sulfonamides is 1. The third-order valence-corrected chi connectivity index (χ3v) is 6.61. The van der Waals surface area contributed by atoms with Gasteiger partial charge in [0.15, 0.2) is 11.3 Å². The fourth-order valence-electron chi connectivity index (χ4n) is 3.91. The molecule has 1 atom stereocenters. The minimum absolute atomic E-state index is 0.0272. The van der Waals surface area contributed by atoms with Crippen LogP contribution in [0.2, 0.25) is 0 Å². The van der Waals surface area contributed by atoms with Crippen LogP contribution in [0.4, 0.5) is 0 Å². The first-order chi connectivity index (χ1) is 10.7. The highest BCUT2D eigenvalue weighted by atomic mass is 32.2. The molecular weight excluding hydrogens is 318 g/mol. The lowest BCUT2D eigenvalue weighted by Crippen LogP contribution is -2.65. The van der Waals surface area contributed by atoms with Crippen molar-refractivity contribution in [2.75, 3.05) is 19.8 Å². The molecule has 23 heavy (non-hydrogen) atoms. The van der Waals surface area contributed by atoms with Gasteiger partial charge in [-0.1, -0.05) is 27.7 Å². The van der Waals surface area contributed by atoms with Crippen molar-refractivity contribution in [1.82, 2.24) is 14.1 Å². The van der Waals surface area contributed by atoms with E-state index in [-0.39, 0.29) is 22.4 Å². The number of nitrogens with zero attached hydrogens (tertiary/aromatic N) is 3. The van der Waals surface area contributed by atoms with E-state index in [0.717, 1.165) is 0 Å². The molecule has 1 aromatic rings. The Morgan fingerprint density at radius 2 is 1.91 bits per heavy atom. The number of hydrogen-bond donors (Lipinski definition) is 0. The van der Waals surface area contributed by atoms with E-state index in [2.05, 4.69) is 32.8 Å². The van der Waals surface area contributed by atoms with Gasteiger partial charge in [0.25, 0.3) is 10.0 Å². The Bertz CT molecular complexity index is 690. The van der Waals surface area contributed by atoms with Crippen molar-refractivity contribution in [1.29, 1.82) is 0 Å². The van der Waals surface area contributed by atoms with E-state index >= 15 is 0 Å². The Balaban J connectivity index is 1.99. The first-order valence-electron chi connectivity index (χ1n) is 7.93. The summed E-state index contributed by atoms with van der Waals surface area (Å²) in [5.74, 6) is 0.240. The van der Waals surface area contributed by atoms with Gasteiger partial charge in [-0.25, -0.2) is 8.42 Å². The Labute approximate surface area is 137 Å². The zero-order valence-corrected chi connectivity index (χ0v) is 15.1. The molecule has 3 rings (SSSR count). The van der Waals surface area contributed by atoms with Gasteiger partial charge in [-0.2, -0.15) is 9.40 Å². The molecule has 130 valence electrons. The molecule has 2 saturated heterocycles. The van der Waals surface area contributed by atoms with Gasteiger partial charge >= 0.3 is 0 Å². The molecule has 0 bridgehead atoms. The maximum absolute atomic E-state index is 13.2. The lowest BCUT2D eigenvalue weighted by atomic mass is 9.72. The average Bonchev–Trinajstić information content (AvgIpc) is 3.04. The third kappa shape index (κ3) is 2.61. The normalized spacial score (nSPS) is 25.9. The fourth-order valence-corrected chi connectivity index (χ4v) is 6.29. The van der Waals surface area contributed by atoms with E-state index in [1.165, 1.54) is 10.9 Å². The predicted octanol–water partition coefficient (Wildman–Crippen LogP) is 1.52. The maximum Gasteiger partial charge on any atom is 0.260 e. The van der Waals surface area contributed by atoms with E-state index in [9.17, 15) is 8.42 Å². The van der Waals surface area contributed by atoms with Crippen molar-refractivity contribution < 1.29 is 17.9 Å². The number of aromatic nitrogens is 2. The van der Waals surface area contributed by atoms with E-state index in [1.54, 1.807) is 11.4 Å².